The van der Waals surface area contributed by atoms with Crippen molar-refractivity contribution in [3.8, 4) is 5.75 Å². The van der Waals surface area contributed by atoms with Gasteiger partial charge >= 0.3 is 17.6 Å². The number of fused-ring (bicyclic) bond motifs is 1. The number of alkyl halides is 2. The van der Waals surface area contributed by atoms with Gasteiger partial charge in [0.25, 0.3) is 11.5 Å². The third-order valence-electron chi connectivity index (χ3n) is 5.98. The smallest absolute Gasteiger partial charge is 0.333 e. The van der Waals surface area contributed by atoms with Crippen LogP contribution >= 0.6 is 0 Å². The average molecular weight is 480 g/mol. The number of rotatable bonds is 7. The predicted octanol–water partition coefficient (Wildman–Crippen LogP) is 1.09. The lowest BCUT2D eigenvalue weighted by atomic mass is 10.2. The van der Waals surface area contributed by atoms with Gasteiger partial charge in [0.15, 0.2) is 17.9 Å². The summed E-state index contributed by atoms with van der Waals surface area (Å²) < 4.78 is 51.7. The van der Waals surface area contributed by atoms with Crippen molar-refractivity contribution in [2.24, 2.45) is 5.92 Å². The Kier molecular flexibility index (Phi) is 5.80. The van der Waals surface area contributed by atoms with Gasteiger partial charge in [0, 0.05) is 26.1 Å². The van der Waals surface area contributed by atoms with Gasteiger partial charge in [-0.3, -0.25) is 23.5 Å². The Morgan fingerprint density at radius 3 is 2.35 bits per heavy atom. The first-order chi connectivity index (χ1) is 16.0. The molecule has 4 rings (SSSR count). The molecule has 0 radical (unpaired) electrons. The molecule has 4 atom stereocenters. The first-order valence-electron chi connectivity index (χ1n) is 10.3. The van der Waals surface area contributed by atoms with Crippen molar-refractivity contribution in [2.45, 2.75) is 44.2 Å². The SMILES string of the molecule is COc1ccc(Cn2c(=O)ccn([C@@H]3O[C@@]4(COC(C)=O)[C@@H]([C@H]3OC(C)=O)C4(F)F)c2=O)cc1. The zero-order chi connectivity index (χ0) is 24.8. The maximum atomic E-state index is 14.7. The topological polar surface area (TPSA) is 115 Å². The molecule has 1 aromatic heterocycles. The summed E-state index contributed by atoms with van der Waals surface area (Å²) in [6, 6.07) is 7.74. The lowest BCUT2D eigenvalue weighted by molar-refractivity contribution is -0.184. The number of benzene rings is 1. The van der Waals surface area contributed by atoms with E-state index in [-0.39, 0.29) is 6.54 Å². The fraction of sp³-hybridized carbons (Fsp3) is 0.455. The van der Waals surface area contributed by atoms with Crippen LogP contribution in [0.5, 0.6) is 5.75 Å². The van der Waals surface area contributed by atoms with Gasteiger partial charge in [0.2, 0.25) is 0 Å². The van der Waals surface area contributed by atoms with Gasteiger partial charge in [-0.05, 0) is 17.7 Å². The molecule has 34 heavy (non-hydrogen) atoms. The van der Waals surface area contributed by atoms with Gasteiger partial charge in [0.1, 0.15) is 18.3 Å². The number of hydrogen-bond donors (Lipinski definition) is 0. The van der Waals surface area contributed by atoms with E-state index in [1.807, 2.05) is 0 Å². The van der Waals surface area contributed by atoms with E-state index >= 15 is 0 Å². The number of carbonyl (C=O) groups is 2. The first kappa shape index (κ1) is 23.6. The van der Waals surface area contributed by atoms with Crippen LogP contribution in [0.25, 0.3) is 0 Å². The summed E-state index contributed by atoms with van der Waals surface area (Å²) in [7, 11) is 1.50. The first-order valence-corrected chi connectivity index (χ1v) is 10.3. The summed E-state index contributed by atoms with van der Waals surface area (Å²) in [5.41, 5.74) is -3.11. The molecular formula is C22H22F2N2O8. The fourth-order valence-electron chi connectivity index (χ4n) is 4.28. The zero-order valence-electron chi connectivity index (χ0n) is 18.5. The maximum absolute atomic E-state index is 14.7. The minimum Gasteiger partial charge on any atom is -0.497 e. The third kappa shape index (κ3) is 3.77. The number of esters is 2. The van der Waals surface area contributed by atoms with Crippen molar-refractivity contribution in [1.82, 2.24) is 9.13 Å². The van der Waals surface area contributed by atoms with E-state index in [2.05, 4.69) is 0 Å². The molecule has 12 heteroatoms. The summed E-state index contributed by atoms with van der Waals surface area (Å²) in [5, 5.41) is 0. The average Bonchev–Trinajstić information content (AvgIpc) is 3.06. The Labute approximate surface area is 191 Å². The van der Waals surface area contributed by atoms with E-state index in [0.29, 0.717) is 11.3 Å². The van der Waals surface area contributed by atoms with E-state index in [9.17, 15) is 28.0 Å². The highest BCUT2D eigenvalue weighted by Crippen LogP contribution is 2.70. The molecule has 182 valence electrons. The maximum Gasteiger partial charge on any atom is 0.333 e. The van der Waals surface area contributed by atoms with E-state index < -0.39 is 59.6 Å². The number of aromatic nitrogens is 2. The van der Waals surface area contributed by atoms with Gasteiger partial charge < -0.3 is 18.9 Å². The number of halogens is 2. The monoisotopic (exact) mass is 480 g/mol. The molecular weight excluding hydrogens is 458 g/mol. The van der Waals surface area contributed by atoms with Crippen LogP contribution in [0.2, 0.25) is 0 Å². The fourth-order valence-corrected chi connectivity index (χ4v) is 4.28. The zero-order valence-corrected chi connectivity index (χ0v) is 18.5. The van der Waals surface area contributed by atoms with Crippen LogP contribution in [0.3, 0.4) is 0 Å². The molecule has 0 N–H and O–H groups in total. The summed E-state index contributed by atoms with van der Waals surface area (Å²) in [4.78, 5) is 48.5. The molecule has 10 nitrogen and oxygen atoms in total. The normalized spacial score (nSPS) is 26.4. The highest BCUT2D eigenvalue weighted by atomic mass is 19.3. The molecule has 1 aliphatic heterocycles. The molecule has 0 unspecified atom stereocenters. The van der Waals surface area contributed by atoms with Crippen LogP contribution < -0.4 is 16.0 Å². The Hall–Kier alpha value is -3.54. The Balaban J connectivity index is 1.70. The molecule has 1 saturated carbocycles. The van der Waals surface area contributed by atoms with Gasteiger partial charge in [-0.1, -0.05) is 12.1 Å². The number of methoxy groups -OCH3 is 1. The van der Waals surface area contributed by atoms with Crippen molar-refractivity contribution in [2.75, 3.05) is 13.7 Å². The summed E-state index contributed by atoms with van der Waals surface area (Å²) in [6.07, 6.45) is -1.91. The molecule has 0 spiro atoms. The minimum absolute atomic E-state index is 0.106. The standard InChI is InChI=1S/C22H22F2N2O8/c1-12(27)32-11-21-18(22(21,23)24)17(33-13(2)28)19(34-21)25-9-8-16(29)26(20(25)30)10-14-4-6-15(31-3)7-5-14/h4-9,17-19H,10-11H2,1-3H3/t17-,18-,19-,21+/m1/s1. The largest absolute Gasteiger partial charge is 0.497 e. The van der Waals surface area contributed by atoms with E-state index in [1.54, 1.807) is 24.3 Å². The minimum atomic E-state index is -3.46. The number of ether oxygens (including phenoxy) is 4. The highest BCUT2D eigenvalue weighted by molar-refractivity contribution is 5.67. The van der Waals surface area contributed by atoms with Crippen molar-refractivity contribution >= 4 is 11.9 Å². The summed E-state index contributed by atoms with van der Waals surface area (Å²) >= 11 is 0. The lowest BCUT2D eigenvalue weighted by Crippen LogP contribution is -2.45. The van der Waals surface area contributed by atoms with Crippen LogP contribution in [0.1, 0.15) is 25.6 Å². The van der Waals surface area contributed by atoms with Crippen molar-refractivity contribution in [3.05, 3.63) is 62.9 Å². The number of nitrogens with zero attached hydrogens (tertiary/aromatic N) is 2. The second-order valence-electron chi connectivity index (χ2n) is 8.13. The summed E-state index contributed by atoms with van der Waals surface area (Å²) in [5.74, 6) is -6.16. The summed E-state index contributed by atoms with van der Waals surface area (Å²) in [6.45, 7) is 1.21. The lowest BCUT2D eigenvalue weighted by Gasteiger charge is -2.27. The third-order valence-corrected chi connectivity index (χ3v) is 5.98. The van der Waals surface area contributed by atoms with Crippen molar-refractivity contribution in [3.63, 3.8) is 0 Å². The van der Waals surface area contributed by atoms with Crippen molar-refractivity contribution in [1.29, 1.82) is 0 Å². The molecule has 0 amide bonds. The number of carbonyl (C=O) groups excluding carboxylic acids is 2. The van der Waals surface area contributed by atoms with Crippen LogP contribution in [-0.4, -0.2) is 52.4 Å². The van der Waals surface area contributed by atoms with Crippen LogP contribution in [0.15, 0.2) is 46.1 Å². The quantitative estimate of drug-likeness (QED) is 0.541. The predicted molar refractivity (Wildman–Crippen MR) is 111 cm³/mol. The van der Waals surface area contributed by atoms with Crippen LogP contribution in [0.4, 0.5) is 8.78 Å². The second kappa shape index (κ2) is 8.35. The molecule has 1 aliphatic carbocycles. The molecule has 2 fully saturated rings. The molecule has 0 bridgehead atoms. The second-order valence-corrected chi connectivity index (χ2v) is 8.13. The number of hydrogen-bond acceptors (Lipinski definition) is 8. The van der Waals surface area contributed by atoms with E-state index in [4.69, 9.17) is 18.9 Å². The Morgan fingerprint density at radius 1 is 1.09 bits per heavy atom. The van der Waals surface area contributed by atoms with Crippen LogP contribution in [0, 0.1) is 5.92 Å². The molecule has 2 aromatic rings. The highest BCUT2D eigenvalue weighted by Gasteiger charge is 2.91. The van der Waals surface area contributed by atoms with Gasteiger partial charge in [-0.2, -0.15) is 0 Å². The molecule has 1 saturated heterocycles. The van der Waals surface area contributed by atoms with Crippen LogP contribution in [-0.2, 0) is 30.3 Å². The Bertz CT molecular complexity index is 1240. The van der Waals surface area contributed by atoms with Gasteiger partial charge in [-0.15, -0.1) is 0 Å². The van der Waals surface area contributed by atoms with Crippen molar-refractivity contribution < 1.29 is 37.3 Å². The van der Waals surface area contributed by atoms with E-state index in [1.165, 1.54) is 7.11 Å². The Morgan fingerprint density at radius 2 is 1.76 bits per heavy atom. The van der Waals surface area contributed by atoms with E-state index in [0.717, 1.165) is 35.2 Å². The molecule has 2 heterocycles. The van der Waals surface area contributed by atoms with Gasteiger partial charge in [-0.25, -0.2) is 13.6 Å². The molecule has 1 aromatic carbocycles. The van der Waals surface area contributed by atoms with Gasteiger partial charge in [0.05, 0.1) is 13.7 Å². The molecule has 2 aliphatic rings.